The van der Waals surface area contributed by atoms with Gasteiger partial charge >= 0.3 is 6.09 Å². The van der Waals surface area contributed by atoms with Crippen LogP contribution in [-0.4, -0.2) is 52.9 Å². The zero-order chi connectivity index (χ0) is 27.6. The number of terminal acetylenes is 1. The summed E-state index contributed by atoms with van der Waals surface area (Å²) in [6.07, 6.45) is 9.85. The highest BCUT2D eigenvalue weighted by molar-refractivity contribution is 5.94. The summed E-state index contributed by atoms with van der Waals surface area (Å²) >= 11 is 0. The highest BCUT2D eigenvalue weighted by Crippen LogP contribution is 2.27. The first-order valence-corrected chi connectivity index (χ1v) is 12.9. The lowest BCUT2D eigenvalue weighted by Crippen LogP contribution is -2.55. The standard InChI is InChI=1S/C28H40N4O5/c1-6-17-32(26(35)22(18-23(29)33)31-27(36)37-28(3,4)5)24(21-16-12-11-13-19(21)7-2)25(34)30-20-14-9-8-10-15-20/h2,11-13,16,20,22,24H,6,8-10,14-15,17-18H2,1,3-5H3,(H2,29,33)(H,30,34)(H,31,36). The molecule has 0 spiro atoms. The minimum atomic E-state index is -1.32. The average Bonchev–Trinajstić information content (AvgIpc) is 2.82. The number of alkyl carbamates (subject to hydrolysis) is 1. The van der Waals surface area contributed by atoms with Gasteiger partial charge in [0, 0.05) is 18.2 Å². The number of hydrogen-bond acceptors (Lipinski definition) is 5. The van der Waals surface area contributed by atoms with Crippen molar-refractivity contribution < 1.29 is 23.9 Å². The molecule has 2 unspecified atom stereocenters. The van der Waals surface area contributed by atoms with Crippen molar-refractivity contribution in [3.63, 3.8) is 0 Å². The number of rotatable bonds is 10. The number of nitrogens with zero attached hydrogens (tertiary/aromatic N) is 1. The molecule has 0 aromatic heterocycles. The second-order valence-electron chi connectivity index (χ2n) is 10.4. The molecule has 2 rings (SSSR count). The summed E-state index contributed by atoms with van der Waals surface area (Å²) in [7, 11) is 0. The van der Waals surface area contributed by atoms with Gasteiger partial charge in [-0.25, -0.2) is 4.79 Å². The Morgan fingerprint density at radius 2 is 1.81 bits per heavy atom. The van der Waals surface area contributed by atoms with Crippen LogP contribution >= 0.6 is 0 Å². The number of amides is 4. The van der Waals surface area contributed by atoms with Gasteiger partial charge in [0.25, 0.3) is 0 Å². The Labute approximate surface area is 219 Å². The number of ether oxygens (including phenoxy) is 1. The Morgan fingerprint density at radius 1 is 1.16 bits per heavy atom. The van der Waals surface area contributed by atoms with Gasteiger partial charge in [0.2, 0.25) is 17.7 Å². The molecule has 37 heavy (non-hydrogen) atoms. The molecule has 0 radical (unpaired) electrons. The van der Waals surface area contributed by atoms with E-state index in [1.165, 1.54) is 4.90 Å². The lowest BCUT2D eigenvalue weighted by atomic mass is 9.93. The van der Waals surface area contributed by atoms with Crippen molar-refractivity contribution in [3.8, 4) is 12.3 Å². The number of carbonyl (C=O) groups is 4. The van der Waals surface area contributed by atoms with Crippen LogP contribution in [0.3, 0.4) is 0 Å². The molecule has 1 aliphatic carbocycles. The molecule has 1 saturated carbocycles. The van der Waals surface area contributed by atoms with Crippen LogP contribution in [0.2, 0.25) is 0 Å². The Morgan fingerprint density at radius 3 is 2.38 bits per heavy atom. The van der Waals surface area contributed by atoms with Crippen LogP contribution in [0.1, 0.15) is 89.8 Å². The Bertz CT molecular complexity index is 1000. The van der Waals surface area contributed by atoms with E-state index in [1.54, 1.807) is 45.0 Å². The predicted octanol–water partition coefficient (Wildman–Crippen LogP) is 3.17. The van der Waals surface area contributed by atoms with Crippen LogP contribution < -0.4 is 16.4 Å². The van der Waals surface area contributed by atoms with E-state index in [2.05, 4.69) is 16.6 Å². The zero-order valence-electron chi connectivity index (χ0n) is 22.3. The van der Waals surface area contributed by atoms with Crippen molar-refractivity contribution >= 4 is 23.8 Å². The highest BCUT2D eigenvalue weighted by Gasteiger charge is 2.38. The lowest BCUT2D eigenvalue weighted by Gasteiger charge is -2.35. The third-order valence-electron chi connectivity index (χ3n) is 6.06. The van der Waals surface area contributed by atoms with Crippen LogP contribution in [0.25, 0.3) is 0 Å². The fourth-order valence-electron chi connectivity index (χ4n) is 4.50. The lowest BCUT2D eigenvalue weighted by molar-refractivity contribution is -0.143. The summed E-state index contributed by atoms with van der Waals surface area (Å²) in [5, 5.41) is 5.58. The highest BCUT2D eigenvalue weighted by atomic mass is 16.6. The van der Waals surface area contributed by atoms with Crippen LogP contribution in [-0.2, 0) is 19.1 Å². The van der Waals surface area contributed by atoms with E-state index < -0.39 is 42.0 Å². The second kappa shape index (κ2) is 13.7. The van der Waals surface area contributed by atoms with Gasteiger partial charge in [-0.1, -0.05) is 50.3 Å². The van der Waals surface area contributed by atoms with E-state index in [0.29, 0.717) is 17.5 Å². The van der Waals surface area contributed by atoms with Crippen LogP contribution in [0.4, 0.5) is 4.79 Å². The molecule has 1 aliphatic rings. The molecular weight excluding hydrogens is 472 g/mol. The van der Waals surface area contributed by atoms with E-state index in [9.17, 15) is 19.2 Å². The summed E-state index contributed by atoms with van der Waals surface area (Å²) < 4.78 is 5.29. The second-order valence-corrected chi connectivity index (χ2v) is 10.4. The molecule has 0 saturated heterocycles. The molecule has 4 N–H and O–H groups in total. The minimum absolute atomic E-state index is 0.00151. The molecule has 0 bridgehead atoms. The maximum atomic E-state index is 13.9. The smallest absolute Gasteiger partial charge is 0.408 e. The van der Waals surface area contributed by atoms with Gasteiger partial charge in [-0.15, -0.1) is 6.42 Å². The van der Waals surface area contributed by atoms with Crippen LogP contribution in [0.15, 0.2) is 24.3 Å². The summed E-state index contributed by atoms with van der Waals surface area (Å²) in [6, 6.07) is 4.58. The maximum Gasteiger partial charge on any atom is 0.408 e. The van der Waals surface area contributed by atoms with Gasteiger partial charge in [-0.2, -0.15) is 0 Å². The molecule has 0 heterocycles. The van der Waals surface area contributed by atoms with Crippen LogP contribution in [0.5, 0.6) is 0 Å². The monoisotopic (exact) mass is 512 g/mol. The molecule has 2 atom stereocenters. The van der Waals surface area contributed by atoms with E-state index in [1.807, 2.05) is 6.92 Å². The number of hydrogen-bond donors (Lipinski definition) is 3. The largest absolute Gasteiger partial charge is 0.444 e. The number of carbonyl (C=O) groups excluding carboxylic acids is 4. The molecule has 0 aliphatic heterocycles. The molecule has 202 valence electrons. The van der Waals surface area contributed by atoms with Gasteiger partial charge in [0.05, 0.1) is 6.42 Å². The molecule has 9 nitrogen and oxygen atoms in total. The van der Waals surface area contributed by atoms with Crippen molar-refractivity contribution in [2.45, 2.75) is 96.4 Å². The summed E-state index contributed by atoms with van der Waals surface area (Å²) in [5.41, 5.74) is 5.57. The number of benzene rings is 1. The third kappa shape index (κ3) is 9.12. The maximum absolute atomic E-state index is 13.9. The van der Waals surface area contributed by atoms with Gasteiger partial charge in [0.15, 0.2) is 0 Å². The molecule has 9 heteroatoms. The Kier molecular flexibility index (Phi) is 11.0. The van der Waals surface area contributed by atoms with E-state index in [-0.39, 0.29) is 18.5 Å². The zero-order valence-corrected chi connectivity index (χ0v) is 22.3. The normalized spacial score (nSPS) is 15.5. The Hall–Kier alpha value is -3.54. The van der Waals surface area contributed by atoms with Crippen molar-refractivity contribution in [2.75, 3.05) is 6.54 Å². The first kappa shape index (κ1) is 29.7. The first-order chi connectivity index (χ1) is 17.5. The number of primary amides is 1. The topological polar surface area (TPSA) is 131 Å². The summed E-state index contributed by atoms with van der Waals surface area (Å²) in [6.45, 7) is 7.11. The van der Waals surface area contributed by atoms with Crippen molar-refractivity contribution in [2.24, 2.45) is 5.73 Å². The fraction of sp³-hybridized carbons (Fsp3) is 0.571. The van der Waals surface area contributed by atoms with E-state index in [4.69, 9.17) is 16.9 Å². The molecule has 4 amide bonds. The van der Waals surface area contributed by atoms with Crippen molar-refractivity contribution in [1.29, 1.82) is 0 Å². The SMILES string of the molecule is C#Cc1ccccc1C(C(=O)NC1CCCCC1)N(CCC)C(=O)C(CC(N)=O)NC(=O)OC(C)(C)C. The number of nitrogens with two attached hydrogens (primary N) is 1. The summed E-state index contributed by atoms with van der Waals surface area (Å²) in [5.74, 6) is 0.850. The van der Waals surface area contributed by atoms with E-state index >= 15 is 0 Å². The van der Waals surface area contributed by atoms with Gasteiger partial charge in [-0.05, 0) is 51.7 Å². The third-order valence-corrected chi connectivity index (χ3v) is 6.06. The predicted molar refractivity (Wildman–Crippen MR) is 141 cm³/mol. The first-order valence-electron chi connectivity index (χ1n) is 12.9. The summed E-state index contributed by atoms with van der Waals surface area (Å²) in [4.78, 5) is 53.4. The van der Waals surface area contributed by atoms with Gasteiger partial charge in [-0.3, -0.25) is 14.4 Å². The molecule has 1 aromatic rings. The van der Waals surface area contributed by atoms with Crippen LogP contribution in [0, 0.1) is 12.3 Å². The number of nitrogens with one attached hydrogen (secondary N) is 2. The quantitative estimate of drug-likeness (QED) is 0.415. The average molecular weight is 513 g/mol. The minimum Gasteiger partial charge on any atom is -0.444 e. The molecule has 1 fully saturated rings. The molecular formula is C28H40N4O5. The Balaban J connectivity index is 2.49. The van der Waals surface area contributed by atoms with Crippen molar-refractivity contribution in [3.05, 3.63) is 35.4 Å². The molecule has 1 aromatic carbocycles. The fourth-order valence-corrected chi connectivity index (χ4v) is 4.50. The van der Waals surface area contributed by atoms with Gasteiger partial charge in [0.1, 0.15) is 17.7 Å². The van der Waals surface area contributed by atoms with Gasteiger partial charge < -0.3 is 26.0 Å². The van der Waals surface area contributed by atoms with Crippen molar-refractivity contribution in [1.82, 2.24) is 15.5 Å². The van der Waals surface area contributed by atoms with E-state index in [0.717, 1.165) is 32.1 Å².